The molecule has 1 heterocycles. The molecule has 2 atom stereocenters. The minimum absolute atomic E-state index is 0.368. The van der Waals surface area contributed by atoms with Crippen LogP contribution in [0, 0.1) is 0 Å². The molecule has 0 aromatic heterocycles. The van der Waals surface area contributed by atoms with E-state index in [4.69, 9.17) is 9.47 Å². The number of hydrogen-bond donors (Lipinski definition) is 0. The van der Waals surface area contributed by atoms with Gasteiger partial charge in [-0.3, -0.25) is 4.90 Å². The van der Waals surface area contributed by atoms with Gasteiger partial charge in [-0.15, -0.1) is 0 Å². The van der Waals surface area contributed by atoms with Crippen molar-refractivity contribution >= 4 is 0 Å². The normalized spacial score (nSPS) is 28.4. The van der Waals surface area contributed by atoms with E-state index >= 15 is 0 Å². The van der Waals surface area contributed by atoms with Crippen LogP contribution in [0.3, 0.4) is 0 Å². The molecule has 1 aromatic rings. The predicted molar refractivity (Wildman–Crippen MR) is 57.3 cm³/mol. The van der Waals surface area contributed by atoms with Crippen LogP contribution in [0.1, 0.15) is 12.0 Å². The first-order valence-corrected chi connectivity index (χ1v) is 5.32. The summed E-state index contributed by atoms with van der Waals surface area (Å²) in [4.78, 5) is 2.36. The van der Waals surface area contributed by atoms with Crippen molar-refractivity contribution in [3.63, 3.8) is 0 Å². The maximum atomic E-state index is 5.96. The molecule has 0 bridgehead atoms. The van der Waals surface area contributed by atoms with Crippen LogP contribution in [-0.2, 0) is 6.54 Å². The minimum Gasteiger partial charge on any atom is -0.493 e. The Morgan fingerprint density at radius 3 is 3.13 bits per heavy atom. The summed E-state index contributed by atoms with van der Waals surface area (Å²) in [6.45, 7) is 0.952. The Balaban J connectivity index is 2.03. The monoisotopic (exact) mass is 205 g/mol. The molecule has 2 aliphatic rings. The van der Waals surface area contributed by atoms with Crippen molar-refractivity contribution in [3.05, 3.63) is 23.8 Å². The number of methoxy groups -OCH3 is 1. The molecule has 1 saturated carbocycles. The quantitative estimate of drug-likeness (QED) is 0.696. The van der Waals surface area contributed by atoms with Crippen LogP contribution < -0.4 is 9.47 Å². The van der Waals surface area contributed by atoms with Gasteiger partial charge in [0.2, 0.25) is 0 Å². The molecule has 80 valence electrons. The Morgan fingerprint density at radius 1 is 1.47 bits per heavy atom. The van der Waals surface area contributed by atoms with Gasteiger partial charge in [0.15, 0.2) is 11.5 Å². The third-order valence-corrected chi connectivity index (χ3v) is 3.24. The van der Waals surface area contributed by atoms with E-state index in [2.05, 4.69) is 18.0 Å². The van der Waals surface area contributed by atoms with Crippen LogP contribution in [0.5, 0.6) is 11.5 Å². The van der Waals surface area contributed by atoms with Crippen molar-refractivity contribution in [2.75, 3.05) is 14.2 Å². The second-order valence-electron chi connectivity index (χ2n) is 4.32. The Labute approximate surface area is 89.6 Å². The van der Waals surface area contributed by atoms with Crippen LogP contribution >= 0.6 is 0 Å². The second-order valence-corrected chi connectivity index (χ2v) is 4.32. The van der Waals surface area contributed by atoms with Crippen molar-refractivity contribution < 1.29 is 9.47 Å². The van der Waals surface area contributed by atoms with Gasteiger partial charge in [0.1, 0.15) is 6.10 Å². The van der Waals surface area contributed by atoms with Crippen LogP contribution in [0.4, 0.5) is 0 Å². The maximum Gasteiger partial charge on any atom is 0.166 e. The topological polar surface area (TPSA) is 21.7 Å². The lowest BCUT2D eigenvalue weighted by Gasteiger charge is -2.15. The molecule has 0 radical (unpaired) electrons. The van der Waals surface area contributed by atoms with E-state index in [-0.39, 0.29) is 0 Å². The van der Waals surface area contributed by atoms with E-state index in [0.29, 0.717) is 12.1 Å². The van der Waals surface area contributed by atoms with E-state index < -0.39 is 0 Å². The molecular weight excluding hydrogens is 190 g/mol. The lowest BCUT2D eigenvalue weighted by Crippen LogP contribution is -2.21. The summed E-state index contributed by atoms with van der Waals surface area (Å²) in [5.74, 6) is 1.80. The van der Waals surface area contributed by atoms with Crippen LogP contribution in [0.25, 0.3) is 0 Å². The van der Waals surface area contributed by atoms with Crippen molar-refractivity contribution in [1.82, 2.24) is 4.90 Å². The molecule has 3 nitrogen and oxygen atoms in total. The fourth-order valence-electron chi connectivity index (χ4n) is 2.27. The number of nitrogens with zero attached hydrogens (tertiary/aromatic N) is 1. The third-order valence-electron chi connectivity index (χ3n) is 3.24. The van der Waals surface area contributed by atoms with Gasteiger partial charge in [-0.2, -0.15) is 0 Å². The molecule has 15 heavy (non-hydrogen) atoms. The molecule has 0 N–H and O–H groups in total. The van der Waals surface area contributed by atoms with Gasteiger partial charge >= 0.3 is 0 Å². The molecular formula is C12H15NO2. The zero-order valence-electron chi connectivity index (χ0n) is 9.06. The van der Waals surface area contributed by atoms with E-state index in [9.17, 15) is 0 Å². The molecule has 1 aliphatic carbocycles. The summed E-state index contributed by atoms with van der Waals surface area (Å²) in [6.07, 6.45) is 1.51. The summed E-state index contributed by atoms with van der Waals surface area (Å²) < 4.78 is 11.3. The standard InChI is InChI=1S/C12H15NO2/c1-13-7-8-4-3-5-10(14-2)12(8)15-11-6-9(11)13/h3-5,9,11H,6-7H2,1-2H3. The van der Waals surface area contributed by atoms with Crippen LogP contribution in [0.2, 0.25) is 0 Å². The predicted octanol–water partition coefficient (Wildman–Crippen LogP) is 1.66. The van der Waals surface area contributed by atoms with Crippen LogP contribution in [0.15, 0.2) is 18.2 Å². The van der Waals surface area contributed by atoms with E-state index in [1.54, 1.807) is 7.11 Å². The highest BCUT2D eigenvalue weighted by Gasteiger charge is 2.45. The number of benzene rings is 1. The van der Waals surface area contributed by atoms with Crippen molar-refractivity contribution in [3.8, 4) is 11.5 Å². The molecule has 1 fully saturated rings. The Kier molecular flexibility index (Phi) is 1.89. The largest absolute Gasteiger partial charge is 0.493 e. The van der Waals surface area contributed by atoms with E-state index in [1.165, 1.54) is 5.56 Å². The lowest BCUT2D eigenvalue weighted by atomic mass is 10.2. The number of para-hydroxylation sites is 1. The van der Waals surface area contributed by atoms with Gasteiger partial charge in [0.25, 0.3) is 0 Å². The first kappa shape index (κ1) is 9.04. The molecule has 0 saturated heterocycles. The number of hydrogen-bond acceptors (Lipinski definition) is 3. The fourth-order valence-corrected chi connectivity index (χ4v) is 2.27. The first-order valence-electron chi connectivity index (χ1n) is 5.32. The third kappa shape index (κ3) is 1.38. The summed E-state index contributed by atoms with van der Waals surface area (Å²) in [5, 5.41) is 0. The summed E-state index contributed by atoms with van der Waals surface area (Å²) in [7, 11) is 3.85. The zero-order chi connectivity index (χ0) is 10.4. The van der Waals surface area contributed by atoms with E-state index in [1.807, 2.05) is 12.1 Å². The maximum absolute atomic E-state index is 5.96. The number of fused-ring (bicyclic) bond motifs is 2. The molecule has 3 heteroatoms. The smallest absolute Gasteiger partial charge is 0.166 e. The first-order chi connectivity index (χ1) is 7.29. The molecule has 0 amide bonds. The average molecular weight is 205 g/mol. The van der Waals surface area contributed by atoms with Crippen LogP contribution in [-0.4, -0.2) is 31.2 Å². The SMILES string of the molecule is COc1cccc2c1OC1CC1N(C)C2. The highest BCUT2D eigenvalue weighted by molar-refractivity contribution is 5.47. The molecule has 2 unspecified atom stereocenters. The minimum atomic E-state index is 0.368. The summed E-state index contributed by atoms with van der Waals surface area (Å²) in [5.41, 5.74) is 1.23. The number of likely N-dealkylation sites (N-methyl/N-ethyl adjacent to an activating group) is 1. The Hall–Kier alpha value is -1.22. The van der Waals surface area contributed by atoms with Crippen molar-refractivity contribution in [2.45, 2.75) is 25.1 Å². The van der Waals surface area contributed by atoms with Crippen molar-refractivity contribution in [1.29, 1.82) is 0 Å². The Bertz CT molecular complexity index is 391. The highest BCUT2D eigenvalue weighted by Crippen LogP contribution is 2.42. The van der Waals surface area contributed by atoms with Gasteiger partial charge in [0.05, 0.1) is 13.2 Å². The zero-order valence-corrected chi connectivity index (χ0v) is 9.06. The fraction of sp³-hybridized carbons (Fsp3) is 0.500. The molecule has 1 aromatic carbocycles. The van der Waals surface area contributed by atoms with Gasteiger partial charge in [-0.05, 0) is 13.1 Å². The summed E-state index contributed by atoms with van der Waals surface area (Å²) >= 11 is 0. The highest BCUT2D eigenvalue weighted by atomic mass is 16.5. The number of rotatable bonds is 1. The van der Waals surface area contributed by atoms with E-state index in [0.717, 1.165) is 24.5 Å². The van der Waals surface area contributed by atoms with Gasteiger partial charge in [-0.25, -0.2) is 0 Å². The average Bonchev–Trinajstić information content (AvgIpc) is 2.99. The molecule has 0 spiro atoms. The van der Waals surface area contributed by atoms with Gasteiger partial charge < -0.3 is 9.47 Å². The van der Waals surface area contributed by atoms with Gasteiger partial charge in [-0.1, -0.05) is 12.1 Å². The lowest BCUT2D eigenvalue weighted by molar-refractivity contribution is 0.245. The van der Waals surface area contributed by atoms with Gasteiger partial charge in [0, 0.05) is 18.5 Å². The molecule has 1 aliphatic heterocycles. The Morgan fingerprint density at radius 2 is 2.33 bits per heavy atom. The van der Waals surface area contributed by atoms with Crippen molar-refractivity contribution in [2.24, 2.45) is 0 Å². The second kappa shape index (κ2) is 3.14. The molecule has 3 rings (SSSR count). The number of ether oxygens (including phenoxy) is 2. The summed E-state index contributed by atoms with van der Waals surface area (Å²) in [6, 6.07) is 6.69.